The van der Waals surface area contributed by atoms with Crippen LogP contribution in [0.5, 0.6) is 0 Å². The molecule has 3 aromatic rings. The van der Waals surface area contributed by atoms with E-state index < -0.39 is 0 Å². The largest absolute Gasteiger partial charge is 0.370 e. The van der Waals surface area contributed by atoms with Gasteiger partial charge in [0.25, 0.3) is 0 Å². The van der Waals surface area contributed by atoms with Crippen LogP contribution in [0.4, 0.5) is 0 Å². The van der Waals surface area contributed by atoms with Crippen molar-refractivity contribution in [2.45, 2.75) is 37.1 Å². The summed E-state index contributed by atoms with van der Waals surface area (Å²) >= 11 is 0. The third-order valence-corrected chi connectivity index (χ3v) is 8.26. The fourth-order valence-electron chi connectivity index (χ4n) is 6.60. The molecule has 4 heteroatoms. The maximum Gasteiger partial charge on any atom is 0.217 e. The van der Waals surface area contributed by atoms with Gasteiger partial charge in [-0.2, -0.15) is 0 Å². The number of nitrogens with two attached hydrogens (primary N) is 1. The number of piperidine rings is 1. The van der Waals surface area contributed by atoms with Crippen LogP contribution >= 0.6 is 0 Å². The Labute approximate surface area is 209 Å². The Morgan fingerprint density at radius 3 is 1.83 bits per heavy atom. The lowest BCUT2D eigenvalue weighted by Gasteiger charge is -2.44. The average Bonchev–Trinajstić information content (AvgIpc) is 3.27. The number of primary amides is 1. The van der Waals surface area contributed by atoms with Gasteiger partial charge in [0.15, 0.2) is 0 Å². The van der Waals surface area contributed by atoms with Gasteiger partial charge in [0.05, 0.1) is 5.54 Å². The number of nitrogens with zero attached hydrogens (tertiary/aromatic N) is 2. The second kappa shape index (κ2) is 10.8. The number of carbonyl (C=O) groups is 1. The summed E-state index contributed by atoms with van der Waals surface area (Å²) < 4.78 is 0. The molecular formula is C31H37N3O. The van der Waals surface area contributed by atoms with E-state index in [-0.39, 0.29) is 17.4 Å². The van der Waals surface area contributed by atoms with Gasteiger partial charge in [-0.1, -0.05) is 91.0 Å². The summed E-state index contributed by atoms with van der Waals surface area (Å²) in [6.07, 6.45) is 3.82. The molecule has 0 saturated carbocycles. The first kappa shape index (κ1) is 23.8. The molecule has 3 aromatic carbocycles. The van der Waals surface area contributed by atoms with Gasteiger partial charge in [0, 0.05) is 19.5 Å². The van der Waals surface area contributed by atoms with Crippen LogP contribution in [-0.4, -0.2) is 48.4 Å². The minimum Gasteiger partial charge on any atom is -0.370 e. The number of hydrogen-bond acceptors (Lipinski definition) is 3. The third-order valence-electron chi connectivity index (χ3n) is 8.26. The van der Waals surface area contributed by atoms with Gasteiger partial charge in [-0.25, -0.2) is 0 Å². The van der Waals surface area contributed by atoms with Crippen LogP contribution in [-0.2, 0) is 10.3 Å². The van der Waals surface area contributed by atoms with Crippen molar-refractivity contribution < 1.29 is 4.79 Å². The van der Waals surface area contributed by atoms with Crippen LogP contribution in [0.15, 0.2) is 91.0 Å². The van der Waals surface area contributed by atoms with E-state index in [1.807, 2.05) is 0 Å². The molecule has 2 heterocycles. The van der Waals surface area contributed by atoms with Crippen molar-refractivity contribution in [3.8, 4) is 0 Å². The summed E-state index contributed by atoms with van der Waals surface area (Å²) in [6, 6.07) is 32.5. The van der Waals surface area contributed by atoms with E-state index in [4.69, 9.17) is 5.73 Å². The highest BCUT2D eigenvalue weighted by atomic mass is 16.1. The molecule has 0 bridgehead atoms. The molecule has 0 spiro atoms. The predicted molar refractivity (Wildman–Crippen MR) is 142 cm³/mol. The first-order valence-electron chi connectivity index (χ1n) is 13.1. The highest BCUT2D eigenvalue weighted by molar-refractivity contribution is 5.74. The number of amides is 1. The van der Waals surface area contributed by atoms with Gasteiger partial charge in [0.2, 0.25) is 5.91 Å². The Morgan fingerprint density at radius 2 is 1.29 bits per heavy atom. The summed E-state index contributed by atoms with van der Waals surface area (Å²) in [4.78, 5) is 17.4. The Hall–Kier alpha value is -2.95. The van der Waals surface area contributed by atoms with Crippen LogP contribution < -0.4 is 5.73 Å². The van der Waals surface area contributed by atoms with Crippen molar-refractivity contribution in [2.24, 2.45) is 11.7 Å². The summed E-state index contributed by atoms with van der Waals surface area (Å²) in [7, 11) is 0. The van der Waals surface area contributed by atoms with Crippen molar-refractivity contribution >= 4 is 5.91 Å². The molecule has 1 amide bonds. The average molecular weight is 468 g/mol. The molecule has 1 unspecified atom stereocenters. The van der Waals surface area contributed by atoms with E-state index in [0.29, 0.717) is 12.3 Å². The van der Waals surface area contributed by atoms with E-state index in [9.17, 15) is 4.79 Å². The maximum atomic E-state index is 12.2. The van der Waals surface area contributed by atoms with Gasteiger partial charge >= 0.3 is 0 Å². The summed E-state index contributed by atoms with van der Waals surface area (Å²) in [6.45, 7) is 5.28. The van der Waals surface area contributed by atoms with Crippen molar-refractivity contribution in [1.82, 2.24) is 9.80 Å². The predicted octanol–water partition coefficient (Wildman–Crippen LogP) is 5.01. The maximum absolute atomic E-state index is 12.2. The van der Waals surface area contributed by atoms with Crippen molar-refractivity contribution in [3.05, 3.63) is 108 Å². The zero-order chi connectivity index (χ0) is 24.1. The zero-order valence-corrected chi connectivity index (χ0v) is 20.6. The molecule has 35 heavy (non-hydrogen) atoms. The number of carbonyl (C=O) groups excluding carboxylic acids is 1. The second-order valence-electron chi connectivity index (χ2n) is 10.2. The number of likely N-dealkylation sites (tertiary alicyclic amines) is 2. The smallest absolute Gasteiger partial charge is 0.217 e. The standard InChI is InChI=1S/C31H37N3O/c32-30(35)24-29-18-21-34(23-22-33-19-16-26(17-20-33)25-10-4-1-5-11-25)31(29,27-12-6-2-7-13-27)28-14-8-3-9-15-28/h1-15,26,29H,16-24H2,(H2,32,35). The first-order chi connectivity index (χ1) is 17.2. The van der Waals surface area contributed by atoms with Crippen LogP contribution in [0.3, 0.4) is 0 Å². The first-order valence-corrected chi connectivity index (χ1v) is 13.1. The number of benzene rings is 3. The Morgan fingerprint density at radius 1 is 0.743 bits per heavy atom. The van der Waals surface area contributed by atoms with Crippen LogP contribution in [0.1, 0.15) is 48.3 Å². The lowest BCUT2D eigenvalue weighted by Crippen LogP contribution is -2.50. The van der Waals surface area contributed by atoms with Crippen LogP contribution in [0.2, 0.25) is 0 Å². The number of hydrogen-bond donors (Lipinski definition) is 1. The van der Waals surface area contributed by atoms with Crippen molar-refractivity contribution in [1.29, 1.82) is 0 Å². The van der Waals surface area contributed by atoms with Gasteiger partial charge in [-0.05, 0) is 67.4 Å². The molecule has 2 aliphatic rings. The fourth-order valence-corrected chi connectivity index (χ4v) is 6.60. The SMILES string of the molecule is NC(=O)CC1CCN(CCN2CCC(c3ccccc3)CC2)C1(c1ccccc1)c1ccccc1. The number of rotatable bonds is 8. The van der Waals surface area contributed by atoms with E-state index in [1.165, 1.54) is 29.5 Å². The van der Waals surface area contributed by atoms with Gasteiger partial charge in [0.1, 0.15) is 0 Å². The van der Waals surface area contributed by atoms with Gasteiger partial charge in [-0.15, -0.1) is 0 Å². The monoisotopic (exact) mass is 467 g/mol. The van der Waals surface area contributed by atoms with Crippen LogP contribution in [0.25, 0.3) is 0 Å². The third kappa shape index (κ3) is 4.91. The summed E-state index contributed by atoms with van der Waals surface area (Å²) in [5.74, 6) is 0.622. The minimum atomic E-state index is -0.333. The topological polar surface area (TPSA) is 49.6 Å². The van der Waals surface area contributed by atoms with E-state index in [1.54, 1.807) is 0 Å². The minimum absolute atomic E-state index is 0.161. The summed E-state index contributed by atoms with van der Waals surface area (Å²) in [5.41, 5.74) is 9.45. The fraction of sp³-hybridized carbons (Fsp3) is 0.387. The van der Waals surface area contributed by atoms with E-state index >= 15 is 0 Å². The highest BCUT2D eigenvalue weighted by Gasteiger charge is 2.51. The summed E-state index contributed by atoms with van der Waals surface area (Å²) in [5, 5.41) is 0. The normalized spacial score (nSPS) is 21.2. The van der Waals surface area contributed by atoms with Gasteiger partial charge in [-0.3, -0.25) is 9.69 Å². The highest BCUT2D eigenvalue weighted by Crippen LogP contribution is 2.49. The molecule has 4 nitrogen and oxygen atoms in total. The molecule has 2 aliphatic heterocycles. The molecule has 0 aliphatic carbocycles. The second-order valence-corrected chi connectivity index (χ2v) is 10.2. The molecule has 2 N–H and O–H groups in total. The van der Waals surface area contributed by atoms with E-state index in [2.05, 4.69) is 101 Å². The van der Waals surface area contributed by atoms with Gasteiger partial charge < -0.3 is 10.6 Å². The van der Waals surface area contributed by atoms with Crippen LogP contribution in [0, 0.1) is 5.92 Å². The lowest BCUT2D eigenvalue weighted by molar-refractivity contribution is -0.119. The molecule has 0 radical (unpaired) electrons. The van der Waals surface area contributed by atoms with Crippen molar-refractivity contribution in [2.75, 3.05) is 32.7 Å². The van der Waals surface area contributed by atoms with Crippen molar-refractivity contribution in [3.63, 3.8) is 0 Å². The Balaban J connectivity index is 1.37. The molecule has 0 aromatic heterocycles. The molecule has 5 rings (SSSR count). The molecule has 2 saturated heterocycles. The van der Waals surface area contributed by atoms with E-state index in [0.717, 1.165) is 39.1 Å². The molecule has 2 fully saturated rings. The quantitative estimate of drug-likeness (QED) is 0.507. The molecule has 182 valence electrons. The molecular weight excluding hydrogens is 430 g/mol. The lowest BCUT2D eigenvalue weighted by atomic mass is 9.72. The molecule has 1 atom stereocenters. The Kier molecular flexibility index (Phi) is 7.31. The zero-order valence-electron chi connectivity index (χ0n) is 20.6. The Bertz CT molecular complexity index is 1040.